The molecule has 3 rings (SSSR count). The van der Waals surface area contributed by atoms with Gasteiger partial charge in [-0.3, -0.25) is 9.59 Å². The number of nitrogens with zero attached hydrogens (tertiary/aromatic N) is 4. The van der Waals surface area contributed by atoms with E-state index in [0.717, 1.165) is 31.1 Å². The van der Waals surface area contributed by atoms with Crippen LogP contribution in [0.4, 0.5) is 5.13 Å². The molecule has 1 aliphatic rings. The molecule has 122 valence electrons. The van der Waals surface area contributed by atoms with Gasteiger partial charge in [-0.05, 0) is 24.8 Å². The average molecular weight is 333 g/mol. The highest BCUT2D eigenvalue weighted by Gasteiger charge is 2.22. The van der Waals surface area contributed by atoms with Gasteiger partial charge in [-0.25, -0.2) is 9.67 Å². The molecule has 1 amide bonds. The van der Waals surface area contributed by atoms with Crippen LogP contribution in [0.5, 0.6) is 0 Å². The third kappa shape index (κ3) is 3.76. The molecule has 2 aromatic rings. The van der Waals surface area contributed by atoms with Crippen LogP contribution in [-0.4, -0.2) is 40.3 Å². The van der Waals surface area contributed by atoms with Crippen LogP contribution in [0.25, 0.3) is 0 Å². The predicted octanol–water partition coefficient (Wildman–Crippen LogP) is 0.883. The number of piperidine rings is 1. The average Bonchev–Trinajstić information content (AvgIpc) is 3.10. The Morgan fingerprint density at radius 1 is 1.48 bits per heavy atom. The van der Waals surface area contributed by atoms with Crippen molar-refractivity contribution >= 4 is 22.4 Å². The molecule has 0 radical (unpaired) electrons. The lowest BCUT2D eigenvalue weighted by atomic mass is 9.98. The summed E-state index contributed by atoms with van der Waals surface area (Å²) < 4.78 is 1.17. The zero-order valence-corrected chi connectivity index (χ0v) is 13.8. The Labute approximate surface area is 138 Å². The highest BCUT2D eigenvalue weighted by Crippen LogP contribution is 2.24. The highest BCUT2D eigenvalue weighted by atomic mass is 32.1. The maximum absolute atomic E-state index is 12.1. The molecule has 0 spiro atoms. The molecule has 0 aromatic carbocycles. The number of aryl methyl sites for hydroxylation is 1. The molecule has 23 heavy (non-hydrogen) atoms. The van der Waals surface area contributed by atoms with E-state index in [9.17, 15) is 9.59 Å². The van der Waals surface area contributed by atoms with Crippen molar-refractivity contribution in [2.24, 2.45) is 13.0 Å². The normalized spacial score (nSPS) is 18.0. The Kier molecular flexibility index (Phi) is 4.71. The van der Waals surface area contributed by atoms with E-state index in [2.05, 4.69) is 20.3 Å². The van der Waals surface area contributed by atoms with Gasteiger partial charge in [-0.1, -0.05) is 0 Å². The molecule has 1 aliphatic heterocycles. The first-order chi connectivity index (χ1) is 11.1. The molecule has 1 N–H and O–H groups in total. The van der Waals surface area contributed by atoms with Crippen LogP contribution in [0.2, 0.25) is 0 Å². The molecule has 0 bridgehead atoms. The molecule has 1 unspecified atom stereocenters. The summed E-state index contributed by atoms with van der Waals surface area (Å²) in [5, 5.41) is 9.91. The summed E-state index contributed by atoms with van der Waals surface area (Å²) in [6.07, 6.45) is 4.00. The van der Waals surface area contributed by atoms with Crippen molar-refractivity contribution < 1.29 is 4.79 Å². The summed E-state index contributed by atoms with van der Waals surface area (Å²) in [5.74, 6) is 0.149. The molecule has 1 atom stereocenters. The summed E-state index contributed by atoms with van der Waals surface area (Å²) in [4.78, 5) is 30.1. The first-order valence-corrected chi connectivity index (χ1v) is 8.48. The van der Waals surface area contributed by atoms with E-state index in [0.29, 0.717) is 12.5 Å². The first-order valence-electron chi connectivity index (χ1n) is 7.60. The van der Waals surface area contributed by atoms with Crippen LogP contribution < -0.4 is 15.8 Å². The standard InChI is InChI=1S/C15H19N5O2S/c1-19-13(21)5-4-12(18-19)14(22)17-9-11-3-2-7-20(10-11)15-16-6-8-23-15/h4-6,8,11H,2-3,7,9-10H2,1H3,(H,17,22). The van der Waals surface area contributed by atoms with E-state index in [-0.39, 0.29) is 17.2 Å². The van der Waals surface area contributed by atoms with Crippen LogP contribution in [0.3, 0.4) is 0 Å². The third-order valence-electron chi connectivity index (χ3n) is 3.95. The number of carbonyl (C=O) groups excluding carboxylic acids is 1. The number of rotatable bonds is 4. The van der Waals surface area contributed by atoms with Crippen LogP contribution in [-0.2, 0) is 7.05 Å². The van der Waals surface area contributed by atoms with Gasteiger partial charge in [-0.15, -0.1) is 11.3 Å². The molecule has 0 saturated carbocycles. The number of thiazole rings is 1. The third-order valence-corrected chi connectivity index (χ3v) is 4.79. The van der Waals surface area contributed by atoms with Crippen LogP contribution >= 0.6 is 11.3 Å². The lowest BCUT2D eigenvalue weighted by molar-refractivity contribution is 0.0938. The molecular formula is C15H19N5O2S. The summed E-state index contributed by atoms with van der Waals surface area (Å²) in [6.45, 7) is 2.51. The number of hydrogen-bond acceptors (Lipinski definition) is 6. The quantitative estimate of drug-likeness (QED) is 0.898. The minimum absolute atomic E-state index is 0.229. The van der Waals surface area contributed by atoms with Crippen LogP contribution in [0.1, 0.15) is 23.3 Å². The Hall–Kier alpha value is -2.22. The van der Waals surface area contributed by atoms with Gasteiger partial charge in [0.1, 0.15) is 5.69 Å². The van der Waals surface area contributed by atoms with Crippen molar-refractivity contribution in [1.29, 1.82) is 0 Å². The van der Waals surface area contributed by atoms with Crippen LogP contribution in [0, 0.1) is 5.92 Å². The highest BCUT2D eigenvalue weighted by molar-refractivity contribution is 7.13. The van der Waals surface area contributed by atoms with Crippen molar-refractivity contribution in [3.63, 3.8) is 0 Å². The SMILES string of the molecule is Cn1nc(C(=O)NCC2CCCN(c3nccs3)C2)ccc1=O. The van der Waals surface area contributed by atoms with Gasteiger partial charge < -0.3 is 10.2 Å². The predicted molar refractivity (Wildman–Crippen MR) is 88.9 cm³/mol. The number of amides is 1. The molecule has 8 heteroatoms. The fourth-order valence-corrected chi connectivity index (χ4v) is 3.41. The molecule has 3 heterocycles. The number of anilines is 1. The van der Waals surface area contributed by atoms with E-state index in [1.165, 1.54) is 23.9 Å². The minimum Gasteiger partial charge on any atom is -0.350 e. The van der Waals surface area contributed by atoms with Gasteiger partial charge in [-0.2, -0.15) is 5.10 Å². The lowest BCUT2D eigenvalue weighted by Gasteiger charge is -2.32. The molecule has 1 saturated heterocycles. The van der Waals surface area contributed by atoms with E-state index in [4.69, 9.17) is 0 Å². The van der Waals surface area contributed by atoms with E-state index in [1.807, 2.05) is 11.6 Å². The van der Waals surface area contributed by atoms with Gasteiger partial charge in [0.2, 0.25) is 0 Å². The monoisotopic (exact) mass is 333 g/mol. The largest absolute Gasteiger partial charge is 0.350 e. The number of aromatic nitrogens is 3. The Morgan fingerprint density at radius 2 is 2.35 bits per heavy atom. The van der Waals surface area contributed by atoms with E-state index < -0.39 is 0 Å². The Morgan fingerprint density at radius 3 is 3.09 bits per heavy atom. The second-order valence-corrected chi connectivity index (χ2v) is 6.53. The fourth-order valence-electron chi connectivity index (χ4n) is 2.73. The van der Waals surface area contributed by atoms with Gasteiger partial charge in [0.25, 0.3) is 11.5 Å². The fraction of sp³-hybridized carbons (Fsp3) is 0.467. The first kappa shape index (κ1) is 15.7. The summed E-state index contributed by atoms with van der Waals surface area (Å²) in [5.41, 5.74) is 0.0348. The summed E-state index contributed by atoms with van der Waals surface area (Å²) >= 11 is 1.64. The Bertz CT molecular complexity index is 728. The molecule has 0 aliphatic carbocycles. The van der Waals surface area contributed by atoms with Gasteiger partial charge >= 0.3 is 0 Å². The van der Waals surface area contributed by atoms with E-state index >= 15 is 0 Å². The van der Waals surface area contributed by atoms with Crippen molar-refractivity contribution in [3.05, 3.63) is 39.8 Å². The van der Waals surface area contributed by atoms with Crippen molar-refractivity contribution in [2.45, 2.75) is 12.8 Å². The van der Waals surface area contributed by atoms with E-state index in [1.54, 1.807) is 11.3 Å². The van der Waals surface area contributed by atoms with Crippen molar-refractivity contribution in [1.82, 2.24) is 20.1 Å². The number of hydrogen-bond donors (Lipinski definition) is 1. The maximum atomic E-state index is 12.1. The lowest BCUT2D eigenvalue weighted by Crippen LogP contribution is -2.41. The minimum atomic E-state index is -0.244. The number of carbonyl (C=O) groups is 1. The smallest absolute Gasteiger partial charge is 0.271 e. The molecule has 7 nitrogen and oxygen atoms in total. The second-order valence-electron chi connectivity index (χ2n) is 5.66. The Balaban J connectivity index is 1.56. The second kappa shape index (κ2) is 6.91. The zero-order valence-electron chi connectivity index (χ0n) is 12.9. The van der Waals surface area contributed by atoms with Crippen LogP contribution in [0.15, 0.2) is 28.5 Å². The van der Waals surface area contributed by atoms with Gasteiger partial charge in [0.15, 0.2) is 5.13 Å². The molecular weight excluding hydrogens is 314 g/mol. The van der Waals surface area contributed by atoms with Gasteiger partial charge in [0.05, 0.1) is 0 Å². The molecule has 2 aromatic heterocycles. The zero-order chi connectivity index (χ0) is 16.2. The topological polar surface area (TPSA) is 80.1 Å². The summed E-state index contributed by atoms with van der Waals surface area (Å²) in [7, 11) is 1.53. The molecule has 1 fully saturated rings. The van der Waals surface area contributed by atoms with Gasteiger partial charge in [0, 0.05) is 44.3 Å². The summed E-state index contributed by atoms with van der Waals surface area (Å²) in [6, 6.07) is 2.81. The maximum Gasteiger partial charge on any atom is 0.271 e. The van der Waals surface area contributed by atoms with Crippen molar-refractivity contribution in [2.75, 3.05) is 24.5 Å². The number of nitrogens with one attached hydrogen (secondary N) is 1. The van der Waals surface area contributed by atoms with Crippen molar-refractivity contribution in [3.8, 4) is 0 Å².